The van der Waals surface area contributed by atoms with Gasteiger partial charge in [-0.25, -0.2) is 4.39 Å². The van der Waals surface area contributed by atoms with Crippen LogP contribution in [0.3, 0.4) is 0 Å². The summed E-state index contributed by atoms with van der Waals surface area (Å²) in [4.78, 5) is 0. The molecule has 0 spiro atoms. The van der Waals surface area contributed by atoms with E-state index in [9.17, 15) is 4.39 Å². The molecule has 1 N–H and O–H groups in total. The monoisotopic (exact) mass is 213 g/mol. The molecule has 0 radical (unpaired) electrons. The third-order valence-electron chi connectivity index (χ3n) is 1.83. The molecular formula is C11H13ClFN. The zero-order valence-electron chi connectivity index (χ0n) is 7.89. The lowest BCUT2D eigenvalue weighted by atomic mass is 10.2. The quantitative estimate of drug-likeness (QED) is 0.579. The van der Waals surface area contributed by atoms with Crippen molar-refractivity contribution in [2.45, 2.75) is 12.8 Å². The van der Waals surface area contributed by atoms with E-state index in [1.165, 1.54) is 12.1 Å². The highest BCUT2D eigenvalue weighted by Gasteiger charge is 2.00. The molecule has 0 saturated carbocycles. The molecule has 0 aliphatic heterocycles. The molecule has 1 rings (SSSR count). The first kappa shape index (κ1) is 11.1. The van der Waals surface area contributed by atoms with Crippen LogP contribution >= 0.6 is 11.6 Å². The normalized spacial score (nSPS) is 9.86. The molecule has 14 heavy (non-hydrogen) atoms. The van der Waals surface area contributed by atoms with Gasteiger partial charge >= 0.3 is 0 Å². The van der Waals surface area contributed by atoms with Gasteiger partial charge in [0.1, 0.15) is 5.82 Å². The molecule has 0 aliphatic carbocycles. The summed E-state index contributed by atoms with van der Waals surface area (Å²) in [5, 5.41) is 3.52. The minimum atomic E-state index is -0.270. The molecule has 76 valence electrons. The zero-order chi connectivity index (χ0) is 10.4. The molecular weight excluding hydrogens is 201 g/mol. The van der Waals surface area contributed by atoms with Gasteiger partial charge in [0.15, 0.2) is 0 Å². The van der Waals surface area contributed by atoms with Crippen molar-refractivity contribution < 1.29 is 4.39 Å². The molecule has 0 aliphatic rings. The van der Waals surface area contributed by atoms with Gasteiger partial charge in [-0.3, -0.25) is 0 Å². The van der Waals surface area contributed by atoms with Crippen LogP contribution in [0.1, 0.15) is 12.8 Å². The van der Waals surface area contributed by atoms with Gasteiger partial charge in [0.2, 0.25) is 0 Å². The highest BCUT2D eigenvalue weighted by Crippen LogP contribution is 2.19. The van der Waals surface area contributed by atoms with E-state index < -0.39 is 0 Å². The minimum Gasteiger partial charge on any atom is -0.383 e. The number of benzene rings is 1. The number of allylic oxidation sites excluding steroid dienone is 1. The Balaban J connectivity index is 2.49. The maximum absolute atomic E-state index is 13.1. The molecule has 1 aromatic carbocycles. The van der Waals surface area contributed by atoms with Gasteiger partial charge in [-0.05, 0) is 31.0 Å². The number of halogens is 2. The van der Waals surface area contributed by atoms with E-state index >= 15 is 0 Å². The van der Waals surface area contributed by atoms with Gasteiger partial charge in [0, 0.05) is 11.6 Å². The molecule has 3 heteroatoms. The Labute approximate surface area is 88.6 Å². The third-order valence-corrected chi connectivity index (χ3v) is 2.06. The van der Waals surface area contributed by atoms with Crippen molar-refractivity contribution in [3.8, 4) is 0 Å². The summed E-state index contributed by atoms with van der Waals surface area (Å²) in [7, 11) is 0. The maximum atomic E-state index is 13.1. The Morgan fingerprint density at radius 1 is 1.50 bits per heavy atom. The van der Waals surface area contributed by atoms with Crippen LogP contribution in [0.15, 0.2) is 30.9 Å². The van der Waals surface area contributed by atoms with Crippen LogP contribution in [-0.2, 0) is 0 Å². The van der Waals surface area contributed by atoms with Gasteiger partial charge in [-0.1, -0.05) is 17.7 Å². The summed E-state index contributed by atoms with van der Waals surface area (Å²) in [6, 6.07) is 4.48. The summed E-state index contributed by atoms with van der Waals surface area (Å²) in [6.07, 6.45) is 3.71. The molecule has 0 atom stereocenters. The average Bonchev–Trinajstić information content (AvgIpc) is 2.18. The SMILES string of the molecule is C=CCCCNc1cc(Cl)ccc1F. The van der Waals surface area contributed by atoms with Crippen LogP contribution in [-0.4, -0.2) is 6.54 Å². The second-order valence-corrected chi connectivity index (χ2v) is 3.42. The Hall–Kier alpha value is -1.02. The van der Waals surface area contributed by atoms with Crippen LogP contribution < -0.4 is 5.32 Å². The van der Waals surface area contributed by atoms with Crippen molar-refractivity contribution in [1.29, 1.82) is 0 Å². The molecule has 1 aromatic rings. The molecule has 0 heterocycles. The van der Waals surface area contributed by atoms with Gasteiger partial charge in [-0.2, -0.15) is 0 Å². The summed E-state index contributed by atoms with van der Waals surface area (Å²) >= 11 is 5.73. The van der Waals surface area contributed by atoms with Crippen LogP contribution in [0.5, 0.6) is 0 Å². The molecule has 0 fully saturated rings. The van der Waals surface area contributed by atoms with Crippen LogP contribution in [0, 0.1) is 5.82 Å². The molecule has 0 amide bonds. The third kappa shape index (κ3) is 3.38. The standard InChI is InChI=1S/C11H13ClFN/c1-2-3-4-7-14-11-8-9(12)5-6-10(11)13/h2,5-6,8,14H,1,3-4,7H2. The second kappa shape index (κ2) is 5.66. The Bertz CT molecular complexity index is 312. The van der Waals surface area contributed by atoms with Crippen molar-refractivity contribution in [2.24, 2.45) is 0 Å². The summed E-state index contributed by atoms with van der Waals surface area (Å²) in [5.41, 5.74) is 0.460. The number of anilines is 1. The van der Waals surface area contributed by atoms with Gasteiger partial charge in [-0.15, -0.1) is 6.58 Å². The smallest absolute Gasteiger partial charge is 0.146 e. The second-order valence-electron chi connectivity index (χ2n) is 2.98. The van der Waals surface area contributed by atoms with E-state index in [1.54, 1.807) is 6.07 Å². The first-order valence-electron chi connectivity index (χ1n) is 4.54. The summed E-state index contributed by atoms with van der Waals surface area (Å²) in [5.74, 6) is -0.270. The predicted molar refractivity (Wildman–Crippen MR) is 59.3 cm³/mol. The van der Waals surface area contributed by atoms with Crippen molar-refractivity contribution in [2.75, 3.05) is 11.9 Å². The summed E-state index contributed by atoms with van der Waals surface area (Å²) in [6.45, 7) is 4.34. The van der Waals surface area contributed by atoms with Crippen molar-refractivity contribution in [3.63, 3.8) is 0 Å². The average molecular weight is 214 g/mol. The predicted octanol–water partition coefficient (Wildman–Crippen LogP) is 3.86. The molecule has 0 saturated heterocycles. The van der Waals surface area contributed by atoms with Gasteiger partial charge < -0.3 is 5.32 Å². The molecule has 0 unspecified atom stereocenters. The van der Waals surface area contributed by atoms with Crippen molar-refractivity contribution in [3.05, 3.63) is 41.7 Å². The molecule has 0 bridgehead atoms. The van der Waals surface area contributed by atoms with Crippen LogP contribution in [0.2, 0.25) is 5.02 Å². The number of nitrogens with one attached hydrogen (secondary N) is 1. The zero-order valence-corrected chi connectivity index (χ0v) is 8.65. The topological polar surface area (TPSA) is 12.0 Å². The molecule has 0 aromatic heterocycles. The lowest BCUT2D eigenvalue weighted by Gasteiger charge is -2.06. The Morgan fingerprint density at radius 3 is 3.00 bits per heavy atom. The number of hydrogen-bond acceptors (Lipinski definition) is 1. The number of unbranched alkanes of at least 4 members (excludes halogenated alkanes) is 1. The first-order valence-corrected chi connectivity index (χ1v) is 4.91. The van der Waals surface area contributed by atoms with E-state index in [-0.39, 0.29) is 5.82 Å². The fraction of sp³-hybridized carbons (Fsp3) is 0.273. The lowest BCUT2D eigenvalue weighted by Crippen LogP contribution is -2.02. The summed E-state index contributed by atoms with van der Waals surface area (Å²) < 4.78 is 13.1. The molecule has 1 nitrogen and oxygen atoms in total. The lowest BCUT2D eigenvalue weighted by molar-refractivity contribution is 0.629. The highest BCUT2D eigenvalue weighted by atomic mass is 35.5. The highest BCUT2D eigenvalue weighted by molar-refractivity contribution is 6.30. The largest absolute Gasteiger partial charge is 0.383 e. The van der Waals surface area contributed by atoms with E-state index in [0.29, 0.717) is 10.7 Å². The van der Waals surface area contributed by atoms with E-state index in [2.05, 4.69) is 11.9 Å². The van der Waals surface area contributed by atoms with Gasteiger partial charge in [0.25, 0.3) is 0 Å². The van der Waals surface area contributed by atoms with Crippen LogP contribution in [0.4, 0.5) is 10.1 Å². The first-order chi connectivity index (χ1) is 6.74. The van der Waals surface area contributed by atoms with E-state index in [0.717, 1.165) is 19.4 Å². The fourth-order valence-corrected chi connectivity index (χ4v) is 1.27. The van der Waals surface area contributed by atoms with E-state index in [4.69, 9.17) is 11.6 Å². The number of rotatable bonds is 5. The van der Waals surface area contributed by atoms with Gasteiger partial charge in [0.05, 0.1) is 5.69 Å². The van der Waals surface area contributed by atoms with Crippen LogP contribution in [0.25, 0.3) is 0 Å². The fourth-order valence-electron chi connectivity index (χ4n) is 1.10. The maximum Gasteiger partial charge on any atom is 0.146 e. The number of hydrogen-bond donors (Lipinski definition) is 1. The van der Waals surface area contributed by atoms with Crippen molar-refractivity contribution >= 4 is 17.3 Å². The Kier molecular flexibility index (Phi) is 4.47. The van der Waals surface area contributed by atoms with Crippen molar-refractivity contribution in [1.82, 2.24) is 0 Å². The Morgan fingerprint density at radius 2 is 2.29 bits per heavy atom. The van der Waals surface area contributed by atoms with E-state index in [1.807, 2.05) is 6.08 Å². The minimum absolute atomic E-state index is 0.270.